The molecule has 2 aliphatic rings. The van der Waals surface area contributed by atoms with Crippen molar-refractivity contribution < 1.29 is 62.9 Å². The topological polar surface area (TPSA) is 225 Å². The molecule has 0 fully saturated rings. The van der Waals surface area contributed by atoms with Crippen LogP contribution in [0.25, 0.3) is 0 Å². The zero-order valence-corrected chi connectivity index (χ0v) is 35.5. The van der Waals surface area contributed by atoms with Crippen molar-refractivity contribution in [2.75, 3.05) is 51.2 Å². The number of hydrogen-bond donors (Lipinski definition) is 4. The molecule has 58 heavy (non-hydrogen) atoms. The van der Waals surface area contributed by atoms with Crippen LogP contribution in [-0.2, 0) is 55.5 Å². The second-order valence-electron chi connectivity index (χ2n) is 14.7. The van der Waals surface area contributed by atoms with Crippen LogP contribution in [0.4, 0.5) is 11.4 Å². The number of hydrogen-bond acceptors (Lipinski definition) is 10. The fourth-order valence-corrected chi connectivity index (χ4v) is 9.22. The molecule has 0 radical (unpaired) electrons. The lowest BCUT2D eigenvalue weighted by molar-refractivity contribution is -0.441. The molecule has 2 aliphatic heterocycles. The molecule has 2 aromatic rings. The lowest BCUT2D eigenvalue weighted by Gasteiger charge is -2.30. The highest BCUT2D eigenvalue weighted by atomic mass is 32.2. The third-order valence-electron chi connectivity index (χ3n) is 10.6. The smallest absolute Gasteiger partial charge is 0.303 e. The van der Waals surface area contributed by atoms with Gasteiger partial charge < -0.3 is 19.5 Å². The molecule has 0 saturated heterocycles. The van der Waals surface area contributed by atoms with Gasteiger partial charge in [0.1, 0.15) is 6.61 Å². The predicted molar refractivity (Wildman–Crippen MR) is 220 cm³/mol. The fraction of sp³-hybridized carbons (Fsp3) is 0.450. The quantitative estimate of drug-likeness (QED) is 0.0471. The highest BCUT2D eigenvalue weighted by Crippen LogP contribution is 2.51. The van der Waals surface area contributed by atoms with Gasteiger partial charge in [-0.25, -0.2) is 0 Å². The first kappa shape index (κ1) is 46.7. The molecule has 318 valence electrons. The van der Waals surface area contributed by atoms with Crippen molar-refractivity contribution in [2.45, 2.75) is 79.4 Å². The van der Waals surface area contributed by atoms with Gasteiger partial charge in [-0.3, -0.25) is 18.5 Å². The van der Waals surface area contributed by atoms with Crippen LogP contribution >= 0.6 is 0 Å². The van der Waals surface area contributed by atoms with Gasteiger partial charge in [0.15, 0.2) is 12.3 Å². The number of aliphatic carboxylic acids is 1. The zero-order chi connectivity index (χ0) is 42.9. The number of carboxylic acid groups (broad SMARTS) is 1. The summed E-state index contributed by atoms with van der Waals surface area (Å²) in [4.78, 5) is 12.6. The second-order valence-corrected chi connectivity index (χ2v) is 19.1. The average molecular weight is 866 g/mol. The van der Waals surface area contributed by atoms with E-state index < -0.39 is 52.9 Å². The Balaban J connectivity index is 1.70. The standard InChI is InChI=1S/C40H52N2O13S3/c1-39(21-13-27-56(45,46)47)32-28-30(57(48,49)50)18-20-35(32)42(24-26-55-4)36(39)14-9-6-5-7-10-15-37-40(2,22-25-54-3)33-29-31(58(51,52)53)17-19-34(33)41(37)23-12-8-11-16-38(43)44/h5-7,9-10,14-15,17-20,28-29H,8,11-13,16,21-27H2,1-4H3,(H3-,43,44,45,46,47,48,49,50,51,52,53)/p+1. The van der Waals surface area contributed by atoms with Gasteiger partial charge in [0.25, 0.3) is 30.4 Å². The van der Waals surface area contributed by atoms with Crippen molar-refractivity contribution >= 4 is 53.4 Å². The van der Waals surface area contributed by atoms with E-state index in [1.54, 1.807) is 44.6 Å². The summed E-state index contributed by atoms with van der Waals surface area (Å²) in [6.07, 6.45) is 15.5. The molecule has 2 aromatic carbocycles. The van der Waals surface area contributed by atoms with Crippen LogP contribution in [0.3, 0.4) is 0 Å². The number of carbonyl (C=O) groups is 1. The minimum atomic E-state index is -4.55. The third-order valence-corrected chi connectivity index (χ3v) is 13.1. The molecule has 2 heterocycles. The minimum absolute atomic E-state index is 0.0612. The number of nitrogens with zero attached hydrogens (tertiary/aromatic N) is 2. The summed E-state index contributed by atoms with van der Waals surface area (Å²) in [7, 11) is -10.2. The summed E-state index contributed by atoms with van der Waals surface area (Å²) in [5.74, 6) is -1.36. The summed E-state index contributed by atoms with van der Waals surface area (Å²) < 4.78 is 114. The Kier molecular flexibility index (Phi) is 15.6. The van der Waals surface area contributed by atoms with E-state index >= 15 is 0 Å². The van der Waals surface area contributed by atoms with Gasteiger partial charge in [0, 0.05) is 68.3 Å². The molecular weight excluding hydrogens is 813 g/mol. The van der Waals surface area contributed by atoms with Crippen LogP contribution < -0.4 is 4.90 Å². The molecule has 15 nitrogen and oxygen atoms in total. The maximum absolute atomic E-state index is 12.1. The van der Waals surface area contributed by atoms with Crippen LogP contribution in [0.15, 0.2) is 94.4 Å². The largest absolute Gasteiger partial charge is 0.481 e. The first-order chi connectivity index (χ1) is 27.2. The first-order valence-electron chi connectivity index (χ1n) is 18.7. The van der Waals surface area contributed by atoms with Gasteiger partial charge in [-0.2, -0.15) is 29.8 Å². The van der Waals surface area contributed by atoms with Gasteiger partial charge in [0.05, 0.1) is 21.0 Å². The second kappa shape index (κ2) is 19.4. The highest BCUT2D eigenvalue weighted by molar-refractivity contribution is 7.86. The number of ether oxygens (including phenoxy) is 2. The van der Waals surface area contributed by atoms with Gasteiger partial charge >= 0.3 is 5.97 Å². The number of benzene rings is 2. The molecule has 4 rings (SSSR count). The van der Waals surface area contributed by atoms with Crippen molar-refractivity contribution in [1.29, 1.82) is 0 Å². The van der Waals surface area contributed by atoms with Gasteiger partial charge in [0.2, 0.25) is 5.69 Å². The monoisotopic (exact) mass is 865 g/mol. The molecule has 0 amide bonds. The van der Waals surface area contributed by atoms with Crippen LogP contribution in [0.2, 0.25) is 0 Å². The number of carboxylic acids is 1. The Hall–Kier alpha value is -4.01. The Morgan fingerprint density at radius 2 is 1.38 bits per heavy atom. The third kappa shape index (κ3) is 11.4. The average Bonchev–Trinajstić information content (AvgIpc) is 3.50. The number of methoxy groups -OCH3 is 2. The molecule has 18 heteroatoms. The van der Waals surface area contributed by atoms with Gasteiger partial charge in [-0.15, -0.1) is 0 Å². The Morgan fingerprint density at radius 3 is 2.00 bits per heavy atom. The van der Waals surface area contributed by atoms with E-state index in [0.717, 1.165) is 17.1 Å². The summed E-state index contributed by atoms with van der Waals surface area (Å²) in [5.41, 5.74) is 2.66. The van der Waals surface area contributed by atoms with E-state index in [2.05, 4.69) is 4.90 Å². The number of fused-ring (bicyclic) bond motifs is 2. The molecule has 0 spiro atoms. The predicted octanol–water partition coefficient (Wildman–Crippen LogP) is 5.86. The van der Waals surface area contributed by atoms with Crippen molar-refractivity contribution in [1.82, 2.24) is 0 Å². The molecule has 2 unspecified atom stereocenters. The summed E-state index contributed by atoms with van der Waals surface area (Å²) in [6, 6.07) is 8.80. The molecule has 4 N–H and O–H groups in total. The van der Waals surface area contributed by atoms with Gasteiger partial charge in [-0.05, 0) is 87.9 Å². The first-order valence-corrected chi connectivity index (χ1v) is 23.2. The van der Waals surface area contributed by atoms with E-state index in [1.165, 1.54) is 24.3 Å². The molecule has 0 aromatic heterocycles. The SMILES string of the molecule is COCC[N+]1=C(/C=C/C=C/C=C/C=C2/N(CCCCCC(=O)O)c3ccc(S(=O)(=O)O)cc3C2(C)CCOC)C(C)(CCCS(=O)(=O)O)c2cc(S(=O)(=O)O)ccc21. The van der Waals surface area contributed by atoms with E-state index in [1.807, 2.05) is 42.7 Å². The van der Waals surface area contributed by atoms with E-state index in [9.17, 15) is 43.7 Å². The van der Waals surface area contributed by atoms with E-state index in [-0.39, 0.29) is 29.1 Å². The molecular formula is C40H53N2O13S3+. The van der Waals surface area contributed by atoms with Crippen LogP contribution in [0.5, 0.6) is 0 Å². The van der Waals surface area contributed by atoms with Crippen LogP contribution in [0, 0.1) is 0 Å². The Bertz CT molecular complexity index is 2330. The number of rotatable bonds is 22. The summed E-state index contributed by atoms with van der Waals surface area (Å²) in [5, 5.41) is 9.08. The number of unbranched alkanes of at least 4 members (excludes halogenated alkanes) is 2. The molecule has 0 aliphatic carbocycles. The van der Waals surface area contributed by atoms with E-state index in [4.69, 9.17) is 14.6 Å². The minimum Gasteiger partial charge on any atom is -0.481 e. The van der Waals surface area contributed by atoms with Crippen molar-refractivity contribution in [3.8, 4) is 0 Å². The van der Waals surface area contributed by atoms with Crippen LogP contribution in [0.1, 0.15) is 69.9 Å². The Labute approximate surface area is 341 Å². The maximum atomic E-state index is 12.1. The van der Waals surface area contributed by atoms with Crippen molar-refractivity contribution in [3.05, 3.63) is 95.8 Å². The number of anilines is 1. The zero-order valence-electron chi connectivity index (χ0n) is 33.1. The normalized spacial score (nSPS) is 20.7. The fourth-order valence-electron chi connectivity index (χ4n) is 7.70. The van der Waals surface area contributed by atoms with E-state index in [0.29, 0.717) is 68.8 Å². The van der Waals surface area contributed by atoms with Crippen molar-refractivity contribution in [3.63, 3.8) is 0 Å². The molecule has 0 bridgehead atoms. The lowest BCUT2D eigenvalue weighted by Crippen LogP contribution is -2.32. The maximum Gasteiger partial charge on any atom is 0.303 e. The molecule has 2 atom stereocenters. The van der Waals surface area contributed by atoms with Crippen LogP contribution in [-0.4, -0.2) is 107 Å². The van der Waals surface area contributed by atoms with Crippen molar-refractivity contribution in [2.24, 2.45) is 0 Å². The Morgan fingerprint density at radius 1 is 0.759 bits per heavy atom. The molecule has 0 saturated carbocycles. The number of allylic oxidation sites excluding steroid dienone is 8. The highest BCUT2D eigenvalue weighted by Gasteiger charge is 2.48. The van der Waals surface area contributed by atoms with Gasteiger partial charge in [-0.1, -0.05) is 36.8 Å². The summed E-state index contributed by atoms with van der Waals surface area (Å²) >= 11 is 0. The summed E-state index contributed by atoms with van der Waals surface area (Å²) in [6.45, 7) is 5.43. The lowest BCUT2D eigenvalue weighted by atomic mass is 9.76.